The molecule has 0 fully saturated rings. The number of rotatable bonds is 9. The highest BCUT2D eigenvalue weighted by Gasteiger charge is 2.06. The standard InChI is InChI=1S/C15H24ClNO2S/c1-11-8-14(4-5-15(11)16)19-10-13(18)9-17-7-6-12(2)20-3/h4-5,8,12-13,17-18H,6-7,9-10H2,1-3H3. The number of aliphatic hydroxyl groups is 1. The van der Waals surface area contributed by atoms with Crippen LogP contribution in [0.1, 0.15) is 18.9 Å². The van der Waals surface area contributed by atoms with Gasteiger partial charge in [-0.3, -0.25) is 0 Å². The molecule has 0 aliphatic rings. The summed E-state index contributed by atoms with van der Waals surface area (Å²) in [6.45, 7) is 5.88. The van der Waals surface area contributed by atoms with E-state index < -0.39 is 6.10 Å². The minimum Gasteiger partial charge on any atom is -0.491 e. The molecule has 0 aromatic heterocycles. The molecule has 114 valence electrons. The molecule has 0 aliphatic carbocycles. The second-order valence-electron chi connectivity index (χ2n) is 4.91. The van der Waals surface area contributed by atoms with Crippen LogP contribution in [0, 0.1) is 6.92 Å². The van der Waals surface area contributed by atoms with Crippen molar-refractivity contribution >= 4 is 23.4 Å². The zero-order valence-corrected chi connectivity index (χ0v) is 13.9. The summed E-state index contributed by atoms with van der Waals surface area (Å²) in [5.41, 5.74) is 0.975. The fourth-order valence-electron chi connectivity index (χ4n) is 1.65. The Morgan fingerprint density at radius 3 is 2.85 bits per heavy atom. The molecule has 5 heteroatoms. The summed E-state index contributed by atoms with van der Waals surface area (Å²) in [7, 11) is 0. The molecule has 0 radical (unpaired) electrons. The van der Waals surface area contributed by atoms with Gasteiger partial charge in [0.15, 0.2) is 0 Å². The minimum atomic E-state index is -0.504. The van der Waals surface area contributed by atoms with Crippen LogP contribution in [0.5, 0.6) is 5.75 Å². The Kier molecular flexibility index (Phi) is 8.38. The van der Waals surface area contributed by atoms with Crippen LogP contribution in [-0.4, -0.2) is 42.4 Å². The van der Waals surface area contributed by atoms with E-state index in [0.29, 0.717) is 11.8 Å². The summed E-state index contributed by atoms with van der Waals surface area (Å²) >= 11 is 7.80. The topological polar surface area (TPSA) is 41.5 Å². The normalized spacial score (nSPS) is 14.1. The van der Waals surface area contributed by atoms with Crippen LogP contribution in [-0.2, 0) is 0 Å². The summed E-state index contributed by atoms with van der Waals surface area (Å²) in [6.07, 6.45) is 2.71. The third kappa shape index (κ3) is 6.84. The third-order valence-electron chi connectivity index (χ3n) is 3.08. The number of aryl methyl sites for hydroxylation is 1. The molecule has 2 unspecified atom stereocenters. The average molecular weight is 318 g/mol. The van der Waals surface area contributed by atoms with Gasteiger partial charge in [0.1, 0.15) is 18.5 Å². The van der Waals surface area contributed by atoms with E-state index in [-0.39, 0.29) is 6.61 Å². The zero-order valence-electron chi connectivity index (χ0n) is 12.4. The van der Waals surface area contributed by atoms with Crippen LogP contribution in [0.2, 0.25) is 5.02 Å². The second kappa shape index (κ2) is 9.50. The molecule has 1 rings (SSSR count). The van der Waals surface area contributed by atoms with Crippen LogP contribution < -0.4 is 10.1 Å². The SMILES string of the molecule is CSC(C)CCNCC(O)COc1ccc(Cl)c(C)c1. The maximum Gasteiger partial charge on any atom is 0.119 e. The summed E-state index contributed by atoms with van der Waals surface area (Å²) in [6, 6.07) is 5.50. The summed E-state index contributed by atoms with van der Waals surface area (Å²) in [5, 5.41) is 14.5. The van der Waals surface area contributed by atoms with Crippen molar-refractivity contribution in [1.82, 2.24) is 5.32 Å². The van der Waals surface area contributed by atoms with Crippen molar-refractivity contribution in [3.05, 3.63) is 28.8 Å². The van der Waals surface area contributed by atoms with Gasteiger partial charge in [-0.1, -0.05) is 18.5 Å². The van der Waals surface area contributed by atoms with Gasteiger partial charge in [0.25, 0.3) is 0 Å². The molecule has 0 bridgehead atoms. The van der Waals surface area contributed by atoms with Crippen molar-refractivity contribution in [2.45, 2.75) is 31.6 Å². The second-order valence-corrected chi connectivity index (χ2v) is 6.60. The Bertz CT molecular complexity index is 403. The number of benzene rings is 1. The predicted molar refractivity (Wildman–Crippen MR) is 88.2 cm³/mol. The molecule has 0 heterocycles. The van der Waals surface area contributed by atoms with E-state index in [4.69, 9.17) is 16.3 Å². The van der Waals surface area contributed by atoms with Gasteiger partial charge in [-0.05, 0) is 49.9 Å². The van der Waals surface area contributed by atoms with Crippen molar-refractivity contribution in [2.24, 2.45) is 0 Å². The highest BCUT2D eigenvalue weighted by Crippen LogP contribution is 2.21. The zero-order chi connectivity index (χ0) is 15.0. The first-order valence-corrected chi connectivity index (χ1v) is 8.50. The Morgan fingerprint density at radius 1 is 1.45 bits per heavy atom. The van der Waals surface area contributed by atoms with E-state index >= 15 is 0 Å². The van der Waals surface area contributed by atoms with Crippen molar-refractivity contribution in [2.75, 3.05) is 26.0 Å². The highest BCUT2D eigenvalue weighted by molar-refractivity contribution is 7.99. The molecule has 0 aliphatic heterocycles. The minimum absolute atomic E-state index is 0.284. The average Bonchev–Trinajstić information content (AvgIpc) is 2.44. The summed E-state index contributed by atoms with van der Waals surface area (Å²) in [4.78, 5) is 0. The van der Waals surface area contributed by atoms with Crippen molar-refractivity contribution in [3.63, 3.8) is 0 Å². The van der Waals surface area contributed by atoms with Gasteiger partial charge in [0.05, 0.1) is 0 Å². The number of hydrogen-bond acceptors (Lipinski definition) is 4. The number of aliphatic hydroxyl groups excluding tert-OH is 1. The Morgan fingerprint density at radius 2 is 2.20 bits per heavy atom. The van der Waals surface area contributed by atoms with Crippen molar-refractivity contribution in [1.29, 1.82) is 0 Å². The molecule has 2 N–H and O–H groups in total. The lowest BCUT2D eigenvalue weighted by Gasteiger charge is -2.14. The maximum atomic E-state index is 9.84. The first-order valence-electron chi connectivity index (χ1n) is 6.83. The maximum absolute atomic E-state index is 9.84. The highest BCUT2D eigenvalue weighted by atomic mass is 35.5. The van der Waals surface area contributed by atoms with Crippen molar-refractivity contribution < 1.29 is 9.84 Å². The molecule has 0 saturated heterocycles. The quantitative estimate of drug-likeness (QED) is 0.687. The van der Waals surface area contributed by atoms with E-state index in [1.807, 2.05) is 30.8 Å². The predicted octanol–water partition coefficient (Wildman–Crippen LogP) is 3.12. The lowest BCUT2D eigenvalue weighted by atomic mass is 10.2. The molecule has 2 atom stereocenters. The van der Waals surface area contributed by atoms with E-state index in [0.717, 1.165) is 29.3 Å². The number of nitrogens with one attached hydrogen (secondary N) is 1. The molecule has 0 amide bonds. The first kappa shape index (κ1) is 17.6. The third-order valence-corrected chi connectivity index (χ3v) is 4.55. The van der Waals surface area contributed by atoms with Crippen LogP contribution in [0.15, 0.2) is 18.2 Å². The lowest BCUT2D eigenvalue weighted by molar-refractivity contribution is 0.106. The smallest absolute Gasteiger partial charge is 0.119 e. The van der Waals surface area contributed by atoms with Gasteiger partial charge in [-0.2, -0.15) is 11.8 Å². The molecule has 0 saturated carbocycles. The van der Waals surface area contributed by atoms with E-state index in [2.05, 4.69) is 18.5 Å². The number of ether oxygens (including phenoxy) is 1. The van der Waals surface area contributed by atoms with Gasteiger partial charge in [-0.25, -0.2) is 0 Å². The largest absolute Gasteiger partial charge is 0.491 e. The van der Waals surface area contributed by atoms with E-state index in [1.165, 1.54) is 0 Å². The van der Waals surface area contributed by atoms with Crippen LogP contribution in [0.4, 0.5) is 0 Å². The molecule has 20 heavy (non-hydrogen) atoms. The molecule has 3 nitrogen and oxygen atoms in total. The van der Waals surface area contributed by atoms with Gasteiger partial charge in [-0.15, -0.1) is 0 Å². The Labute approximate surface area is 131 Å². The molecular weight excluding hydrogens is 294 g/mol. The summed E-state index contributed by atoms with van der Waals surface area (Å²) < 4.78 is 5.55. The van der Waals surface area contributed by atoms with E-state index in [9.17, 15) is 5.11 Å². The molecular formula is C15H24ClNO2S. The Balaban J connectivity index is 2.19. The monoisotopic (exact) mass is 317 g/mol. The fourth-order valence-corrected chi connectivity index (χ4v) is 2.12. The Hall–Kier alpha value is -0.420. The number of thioether (sulfide) groups is 1. The number of halogens is 1. The van der Waals surface area contributed by atoms with E-state index in [1.54, 1.807) is 6.07 Å². The fraction of sp³-hybridized carbons (Fsp3) is 0.600. The molecule has 1 aromatic carbocycles. The number of hydrogen-bond donors (Lipinski definition) is 2. The first-order chi connectivity index (χ1) is 9.52. The molecule has 0 spiro atoms. The van der Waals surface area contributed by atoms with Gasteiger partial charge >= 0.3 is 0 Å². The van der Waals surface area contributed by atoms with Crippen LogP contribution in [0.3, 0.4) is 0 Å². The van der Waals surface area contributed by atoms with Crippen LogP contribution in [0.25, 0.3) is 0 Å². The molecule has 1 aromatic rings. The lowest BCUT2D eigenvalue weighted by Crippen LogP contribution is -2.32. The van der Waals surface area contributed by atoms with Gasteiger partial charge < -0.3 is 15.2 Å². The van der Waals surface area contributed by atoms with Crippen LogP contribution >= 0.6 is 23.4 Å². The van der Waals surface area contributed by atoms with Gasteiger partial charge in [0.2, 0.25) is 0 Å². The summed E-state index contributed by atoms with van der Waals surface area (Å²) in [5.74, 6) is 0.738. The van der Waals surface area contributed by atoms with Crippen molar-refractivity contribution in [3.8, 4) is 5.75 Å². The van der Waals surface area contributed by atoms with Gasteiger partial charge in [0, 0.05) is 16.8 Å².